The van der Waals surface area contributed by atoms with E-state index in [0.717, 1.165) is 11.4 Å². The largest absolute Gasteiger partial charge is 0.308 e. The van der Waals surface area contributed by atoms with E-state index in [1.54, 1.807) is 14.1 Å². The van der Waals surface area contributed by atoms with Crippen molar-refractivity contribution in [3.8, 4) is 0 Å². The number of nitrogens with zero attached hydrogens (tertiary/aromatic N) is 1. The van der Waals surface area contributed by atoms with Crippen molar-refractivity contribution in [1.82, 2.24) is 9.62 Å². The maximum atomic E-state index is 11.8. The predicted molar refractivity (Wildman–Crippen MR) is 87.2 cm³/mol. The first-order valence-corrected chi connectivity index (χ1v) is 9.04. The molecule has 1 aliphatic carbocycles. The van der Waals surface area contributed by atoms with Crippen molar-refractivity contribution < 1.29 is 8.42 Å². The van der Waals surface area contributed by atoms with Crippen LogP contribution >= 0.6 is 11.6 Å². The monoisotopic (exact) mass is 330 g/mol. The van der Waals surface area contributed by atoms with Gasteiger partial charge < -0.3 is 5.32 Å². The Morgan fingerprint density at radius 2 is 2.05 bits per heavy atom. The molecule has 1 aliphatic rings. The van der Waals surface area contributed by atoms with Gasteiger partial charge in [0, 0.05) is 31.7 Å². The van der Waals surface area contributed by atoms with Gasteiger partial charge in [-0.15, -0.1) is 0 Å². The minimum atomic E-state index is -3.17. The zero-order valence-corrected chi connectivity index (χ0v) is 14.6. The van der Waals surface area contributed by atoms with Crippen LogP contribution in [0.4, 0.5) is 0 Å². The average Bonchev–Trinajstić information content (AvgIpc) is 2.60. The van der Waals surface area contributed by atoms with E-state index in [9.17, 15) is 8.42 Å². The lowest BCUT2D eigenvalue weighted by molar-refractivity contribution is 0.273. The summed E-state index contributed by atoms with van der Waals surface area (Å²) in [7, 11) is -0.0491. The van der Waals surface area contributed by atoms with Crippen molar-refractivity contribution in [2.24, 2.45) is 5.41 Å². The molecule has 1 aromatic carbocycles. The summed E-state index contributed by atoms with van der Waals surface area (Å²) in [5.41, 5.74) is 2.53. The van der Waals surface area contributed by atoms with Crippen molar-refractivity contribution in [3.63, 3.8) is 0 Å². The molecule has 2 rings (SSSR count). The van der Waals surface area contributed by atoms with Crippen LogP contribution in [0.5, 0.6) is 0 Å². The molecule has 0 amide bonds. The lowest BCUT2D eigenvalue weighted by atomic mass is 9.85. The molecule has 118 valence electrons. The Hall–Kier alpha value is -0.620. The summed E-state index contributed by atoms with van der Waals surface area (Å²) in [6.07, 6.45) is 0.970. The first-order chi connectivity index (χ1) is 9.63. The first kappa shape index (κ1) is 16.7. The van der Waals surface area contributed by atoms with E-state index >= 15 is 0 Å². The van der Waals surface area contributed by atoms with Crippen molar-refractivity contribution in [2.45, 2.75) is 26.3 Å². The third-order valence-electron chi connectivity index (χ3n) is 4.11. The molecule has 0 aromatic heterocycles. The van der Waals surface area contributed by atoms with Crippen molar-refractivity contribution in [2.75, 3.05) is 26.4 Å². The minimum absolute atomic E-state index is 0.0505. The third kappa shape index (κ3) is 3.59. The number of rotatable bonds is 5. The molecule has 1 atom stereocenters. The van der Waals surface area contributed by atoms with Crippen molar-refractivity contribution >= 4 is 21.6 Å². The molecule has 0 saturated carbocycles. The van der Waals surface area contributed by atoms with Gasteiger partial charge in [-0.05, 0) is 35.1 Å². The average molecular weight is 331 g/mol. The minimum Gasteiger partial charge on any atom is -0.308 e. The van der Waals surface area contributed by atoms with E-state index in [2.05, 4.69) is 25.2 Å². The van der Waals surface area contributed by atoms with E-state index in [1.807, 2.05) is 12.1 Å². The molecule has 0 bridgehead atoms. The van der Waals surface area contributed by atoms with E-state index in [1.165, 1.54) is 15.4 Å². The van der Waals surface area contributed by atoms with Crippen LogP contribution in [0.3, 0.4) is 0 Å². The lowest BCUT2D eigenvalue weighted by Crippen LogP contribution is -2.36. The smallest absolute Gasteiger partial charge is 0.214 e. The zero-order chi connectivity index (χ0) is 15.8. The molecule has 0 saturated heterocycles. The Labute approximate surface area is 132 Å². The van der Waals surface area contributed by atoms with Gasteiger partial charge in [0.1, 0.15) is 0 Å². The van der Waals surface area contributed by atoms with Gasteiger partial charge >= 0.3 is 0 Å². The molecular formula is C15H23ClN2O2S. The van der Waals surface area contributed by atoms with Crippen molar-refractivity contribution in [3.05, 3.63) is 34.3 Å². The maximum absolute atomic E-state index is 11.8. The number of halogens is 1. The number of nitrogens with one attached hydrogen (secondary N) is 1. The third-order valence-corrected chi connectivity index (χ3v) is 6.18. The Bertz CT molecular complexity index is 627. The Balaban J connectivity index is 2.11. The molecule has 1 aromatic rings. The quantitative estimate of drug-likeness (QED) is 0.902. The number of sulfonamides is 1. The van der Waals surface area contributed by atoms with Gasteiger partial charge in [-0.25, -0.2) is 12.7 Å². The topological polar surface area (TPSA) is 49.4 Å². The molecule has 4 nitrogen and oxygen atoms in total. The van der Waals surface area contributed by atoms with Crippen LogP contribution in [0.1, 0.15) is 31.0 Å². The molecule has 0 fully saturated rings. The van der Waals surface area contributed by atoms with E-state index in [-0.39, 0.29) is 17.2 Å². The second-order valence-corrected chi connectivity index (χ2v) is 9.23. The molecular weight excluding hydrogens is 308 g/mol. The number of benzene rings is 1. The fraction of sp³-hybridized carbons (Fsp3) is 0.600. The van der Waals surface area contributed by atoms with Crippen LogP contribution in [-0.4, -0.2) is 39.1 Å². The summed E-state index contributed by atoms with van der Waals surface area (Å²) >= 11 is 6.10. The maximum Gasteiger partial charge on any atom is 0.214 e. The molecule has 1 unspecified atom stereocenters. The second-order valence-electron chi connectivity index (χ2n) is 6.49. The summed E-state index contributed by atoms with van der Waals surface area (Å²) in [6.45, 7) is 4.82. The van der Waals surface area contributed by atoms with Gasteiger partial charge in [0.25, 0.3) is 0 Å². The number of hydrogen-bond acceptors (Lipinski definition) is 3. The first-order valence-electron chi connectivity index (χ1n) is 7.05. The highest BCUT2D eigenvalue weighted by molar-refractivity contribution is 7.89. The van der Waals surface area contributed by atoms with Crippen LogP contribution in [0.25, 0.3) is 0 Å². The second kappa shape index (κ2) is 5.88. The predicted octanol–water partition coefficient (Wildman–Crippen LogP) is 2.44. The van der Waals surface area contributed by atoms with Crippen LogP contribution in [-0.2, 0) is 16.4 Å². The van der Waals surface area contributed by atoms with Gasteiger partial charge in [-0.2, -0.15) is 0 Å². The molecule has 21 heavy (non-hydrogen) atoms. The fourth-order valence-electron chi connectivity index (χ4n) is 2.91. The Morgan fingerprint density at radius 1 is 1.38 bits per heavy atom. The highest BCUT2D eigenvalue weighted by Crippen LogP contribution is 2.45. The normalized spacial score (nSPS) is 20.8. The van der Waals surface area contributed by atoms with Gasteiger partial charge in [-0.1, -0.05) is 31.5 Å². The molecule has 1 N–H and O–H groups in total. The number of fused-ring (bicyclic) bond motifs is 1. The summed E-state index contributed by atoms with van der Waals surface area (Å²) in [5.74, 6) is 0.0997. The molecule has 0 radical (unpaired) electrons. The Kier molecular flexibility index (Phi) is 4.69. The van der Waals surface area contributed by atoms with E-state index < -0.39 is 10.0 Å². The van der Waals surface area contributed by atoms with Crippen LogP contribution in [0.2, 0.25) is 5.02 Å². The summed E-state index contributed by atoms with van der Waals surface area (Å²) in [5, 5.41) is 4.12. The molecule has 6 heteroatoms. The highest BCUT2D eigenvalue weighted by atomic mass is 35.5. The van der Waals surface area contributed by atoms with Crippen molar-refractivity contribution in [1.29, 1.82) is 0 Å². The van der Waals surface area contributed by atoms with Crippen LogP contribution in [0, 0.1) is 5.41 Å². The van der Waals surface area contributed by atoms with Gasteiger partial charge in [0.2, 0.25) is 10.0 Å². The summed E-state index contributed by atoms with van der Waals surface area (Å²) in [6, 6.07) is 6.10. The van der Waals surface area contributed by atoms with E-state index in [0.29, 0.717) is 6.54 Å². The summed E-state index contributed by atoms with van der Waals surface area (Å²) < 4.78 is 24.9. The molecule has 0 aliphatic heterocycles. The zero-order valence-electron chi connectivity index (χ0n) is 13.0. The summed E-state index contributed by atoms with van der Waals surface area (Å²) in [4.78, 5) is 0. The SMILES string of the molecule is CN(C)S(=O)(=O)CCNC1c2cc(Cl)ccc2CC1(C)C. The van der Waals surface area contributed by atoms with Crippen LogP contribution in [0.15, 0.2) is 18.2 Å². The Morgan fingerprint density at radius 3 is 2.67 bits per heavy atom. The molecule has 0 spiro atoms. The van der Waals surface area contributed by atoms with Gasteiger partial charge in [0.15, 0.2) is 0 Å². The number of hydrogen-bond donors (Lipinski definition) is 1. The fourth-order valence-corrected chi connectivity index (χ4v) is 3.83. The standard InChI is InChI=1S/C15H23ClN2O2S/c1-15(2)10-11-5-6-12(16)9-13(11)14(15)17-7-8-21(19,20)18(3)4/h5-6,9,14,17H,7-8,10H2,1-4H3. The highest BCUT2D eigenvalue weighted by Gasteiger charge is 2.38. The lowest BCUT2D eigenvalue weighted by Gasteiger charge is -2.29. The van der Waals surface area contributed by atoms with Gasteiger partial charge in [-0.3, -0.25) is 0 Å². The van der Waals surface area contributed by atoms with E-state index in [4.69, 9.17) is 11.6 Å². The molecule has 0 heterocycles. The van der Waals surface area contributed by atoms with Crippen LogP contribution < -0.4 is 5.32 Å². The van der Waals surface area contributed by atoms with Gasteiger partial charge in [0.05, 0.1) is 5.75 Å².